The van der Waals surface area contributed by atoms with Gasteiger partial charge < -0.3 is 24.8 Å². The number of halogens is 1. The van der Waals surface area contributed by atoms with Crippen LogP contribution in [-0.4, -0.2) is 32.1 Å². The van der Waals surface area contributed by atoms with Gasteiger partial charge in [-0.25, -0.2) is 0 Å². The number of nitrogens with one attached hydrogen (secondary N) is 2. The molecule has 0 radical (unpaired) electrons. The van der Waals surface area contributed by atoms with Crippen LogP contribution < -0.4 is 24.8 Å². The number of carbonyl (C=O) groups excluding carboxylic acids is 2. The van der Waals surface area contributed by atoms with Crippen LogP contribution in [0, 0.1) is 18.3 Å². The van der Waals surface area contributed by atoms with E-state index in [-0.39, 0.29) is 28.7 Å². The van der Waals surface area contributed by atoms with Crippen molar-refractivity contribution in [2.75, 3.05) is 31.0 Å². The molecule has 2 N–H and O–H groups in total. The van der Waals surface area contributed by atoms with Crippen LogP contribution in [0.15, 0.2) is 66.2 Å². The molecule has 37 heavy (non-hydrogen) atoms. The van der Waals surface area contributed by atoms with Crippen LogP contribution in [0.1, 0.15) is 18.1 Å². The van der Waals surface area contributed by atoms with Gasteiger partial charge in [0.1, 0.15) is 17.4 Å². The summed E-state index contributed by atoms with van der Waals surface area (Å²) in [5, 5.41) is 15.1. The predicted molar refractivity (Wildman–Crippen MR) is 143 cm³/mol. The Kier molecular flexibility index (Phi) is 9.53. The molecule has 8 nitrogen and oxygen atoms in total. The second-order valence-electron chi connectivity index (χ2n) is 7.79. The Morgan fingerprint density at radius 3 is 2.43 bits per heavy atom. The van der Waals surface area contributed by atoms with Crippen LogP contribution >= 0.6 is 11.6 Å². The molecular formula is C28H26ClN3O5. The maximum atomic E-state index is 12.6. The van der Waals surface area contributed by atoms with Gasteiger partial charge in [0.2, 0.25) is 0 Å². The first-order valence-corrected chi connectivity index (χ1v) is 11.7. The number of aryl methyl sites for hydroxylation is 1. The van der Waals surface area contributed by atoms with E-state index in [1.54, 1.807) is 49.4 Å². The zero-order valence-corrected chi connectivity index (χ0v) is 21.4. The molecule has 0 bridgehead atoms. The smallest absolute Gasteiger partial charge is 0.266 e. The average Bonchev–Trinajstić information content (AvgIpc) is 2.88. The number of methoxy groups -OCH3 is 1. The molecule has 2 amide bonds. The monoisotopic (exact) mass is 519 g/mol. The SMILES string of the molecule is CCOc1cc(/C=C(/C#N)C(=O)Nc2ccc(C)cc2)cc(Cl)c1OCC(=O)Nc1ccccc1OC. The van der Waals surface area contributed by atoms with Crippen molar-refractivity contribution in [3.8, 4) is 23.3 Å². The minimum absolute atomic E-state index is 0.121. The Morgan fingerprint density at radius 1 is 1.03 bits per heavy atom. The Bertz CT molecular complexity index is 1350. The topological polar surface area (TPSA) is 110 Å². The van der Waals surface area contributed by atoms with Crippen LogP contribution in [0.4, 0.5) is 11.4 Å². The van der Waals surface area contributed by atoms with Gasteiger partial charge in [-0.3, -0.25) is 9.59 Å². The van der Waals surface area contributed by atoms with Gasteiger partial charge in [0.05, 0.1) is 24.4 Å². The first kappa shape index (κ1) is 27.1. The predicted octanol–water partition coefficient (Wildman–Crippen LogP) is 5.62. The summed E-state index contributed by atoms with van der Waals surface area (Å²) in [6.07, 6.45) is 1.40. The summed E-state index contributed by atoms with van der Waals surface area (Å²) in [6.45, 7) is 3.68. The minimum atomic E-state index is -0.561. The maximum Gasteiger partial charge on any atom is 0.266 e. The fourth-order valence-corrected chi connectivity index (χ4v) is 3.57. The lowest BCUT2D eigenvalue weighted by molar-refractivity contribution is -0.118. The molecule has 0 atom stereocenters. The number of hydrogen-bond donors (Lipinski definition) is 2. The number of para-hydroxylation sites is 2. The van der Waals surface area contributed by atoms with Crippen LogP contribution in [-0.2, 0) is 9.59 Å². The van der Waals surface area contributed by atoms with Crippen LogP contribution in [0.3, 0.4) is 0 Å². The van der Waals surface area contributed by atoms with Gasteiger partial charge in [-0.15, -0.1) is 0 Å². The lowest BCUT2D eigenvalue weighted by Gasteiger charge is -2.15. The number of rotatable bonds is 10. The maximum absolute atomic E-state index is 12.6. The fourth-order valence-electron chi connectivity index (χ4n) is 3.30. The molecule has 9 heteroatoms. The van der Waals surface area contributed by atoms with E-state index in [1.807, 2.05) is 25.1 Å². The molecule has 3 aromatic carbocycles. The third-order valence-corrected chi connectivity index (χ3v) is 5.33. The first-order valence-electron chi connectivity index (χ1n) is 11.4. The lowest BCUT2D eigenvalue weighted by atomic mass is 10.1. The highest BCUT2D eigenvalue weighted by molar-refractivity contribution is 6.32. The molecule has 3 aromatic rings. The summed E-state index contributed by atoms with van der Waals surface area (Å²) >= 11 is 6.44. The highest BCUT2D eigenvalue weighted by Crippen LogP contribution is 2.37. The molecule has 0 aliphatic heterocycles. The highest BCUT2D eigenvalue weighted by atomic mass is 35.5. The van der Waals surface area contributed by atoms with Crippen molar-refractivity contribution < 1.29 is 23.8 Å². The molecule has 0 saturated heterocycles. The van der Waals surface area contributed by atoms with Crippen molar-refractivity contribution in [3.05, 3.63) is 82.4 Å². The quantitative estimate of drug-likeness (QED) is 0.266. The van der Waals surface area contributed by atoms with E-state index in [2.05, 4.69) is 10.6 Å². The zero-order chi connectivity index (χ0) is 26.8. The third kappa shape index (κ3) is 7.50. The first-order chi connectivity index (χ1) is 17.8. The summed E-state index contributed by atoms with van der Waals surface area (Å²) < 4.78 is 16.6. The number of benzene rings is 3. The van der Waals surface area contributed by atoms with E-state index in [9.17, 15) is 14.9 Å². The van der Waals surface area contributed by atoms with Gasteiger partial charge in [0.15, 0.2) is 18.1 Å². The summed E-state index contributed by atoms with van der Waals surface area (Å²) in [6, 6.07) is 19.2. The van der Waals surface area contributed by atoms with Crippen molar-refractivity contribution in [3.63, 3.8) is 0 Å². The molecule has 0 spiro atoms. The van der Waals surface area contributed by atoms with Crippen LogP contribution in [0.25, 0.3) is 6.08 Å². The second-order valence-corrected chi connectivity index (χ2v) is 8.20. The lowest BCUT2D eigenvalue weighted by Crippen LogP contribution is -2.21. The number of nitriles is 1. The molecule has 0 aliphatic rings. The summed E-state index contributed by atoms with van der Waals surface area (Å²) in [7, 11) is 1.51. The normalized spacial score (nSPS) is 10.7. The van der Waals surface area contributed by atoms with Gasteiger partial charge in [0, 0.05) is 5.69 Å². The van der Waals surface area contributed by atoms with Crippen LogP contribution in [0.2, 0.25) is 5.02 Å². The summed E-state index contributed by atoms with van der Waals surface area (Å²) in [5.74, 6) is -0.0407. The Balaban J connectivity index is 1.77. The van der Waals surface area contributed by atoms with Gasteiger partial charge in [-0.05, 0) is 61.9 Å². The molecule has 0 aromatic heterocycles. The number of hydrogen-bond acceptors (Lipinski definition) is 6. The molecule has 0 saturated carbocycles. The van der Waals surface area contributed by atoms with Crippen LogP contribution in [0.5, 0.6) is 17.2 Å². The van der Waals surface area contributed by atoms with Crippen molar-refractivity contribution in [2.24, 2.45) is 0 Å². The molecule has 190 valence electrons. The van der Waals surface area contributed by atoms with E-state index >= 15 is 0 Å². The molecule has 0 aliphatic carbocycles. The van der Waals surface area contributed by atoms with Crippen molar-refractivity contribution in [1.29, 1.82) is 5.26 Å². The van der Waals surface area contributed by atoms with Crippen molar-refractivity contribution in [1.82, 2.24) is 0 Å². The van der Waals surface area contributed by atoms with Gasteiger partial charge in [-0.1, -0.05) is 41.4 Å². The van der Waals surface area contributed by atoms with E-state index in [4.69, 9.17) is 25.8 Å². The Morgan fingerprint density at radius 2 is 1.76 bits per heavy atom. The molecule has 0 fully saturated rings. The minimum Gasteiger partial charge on any atom is -0.495 e. The van der Waals surface area contributed by atoms with Gasteiger partial charge in [0.25, 0.3) is 11.8 Å². The van der Waals surface area contributed by atoms with Crippen molar-refractivity contribution in [2.45, 2.75) is 13.8 Å². The van der Waals surface area contributed by atoms with E-state index < -0.39 is 11.8 Å². The summed E-state index contributed by atoms with van der Waals surface area (Å²) in [5.41, 5.74) is 2.45. The zero-order valence-electron chi connectivity index (χ0n) is 20.6. The number of anilines is 2. The molecular weight excluding hydrogens is 494 g/mol. The summed E-state index contributed by atoms with van der Waals surface area (Å²) in [4.78, 5) is 25.1. The standard InChI is InChI=1S/C28H26ClN3O5/c1-4-36-25-15-19(13-20(16-30)28(34)31-21-11-9-18(2)10-12-21)14-22(29)27(25)37-17-26(33)32-23-7-5-6-8-24(23)35-3/h5-15H,4,17H2,1-3H3,(H,31,34)(H,32,33)/b20-13-. The van der Waals surface area contributed by atoms with Gasteiger partial charge >= 0.3 is 0 Å². The molecule has 0 heterocycles. The number of amides is 2. The number of ether oxygens (including phenoxy) is 3. The van der Waals surface area contributed by atoms with Crippen molar-refractivity contribution >= 4 is 40.9 Å². The third-order valence-electron chi connectivity index (χ3n) is 5.05. The van der Waals surface area contributed by atoms with E-state index in [0.29, 0.717) is 29.3 Å². The molecule has 0 unspecified atom stereocenters. The van der Waals surface area contributed by atoms with Gasteiger partial charge in [-0.2, -0.15) is 5.26 Å². The molecule has 3 rings (SSSR count). The highest BCUT2D eigenvalue weighted by Gasteiger charge is 2.16. The Hall–Kier alpha value is -4.48. The Labute approximate surface area is 220 Å². The van der Waals surface area contributed by atoms with E-state index in [0.717, 1.165) is 5.56 Å². The average molecular weight is 520 g/mol. The largest absolute Gasteiger partial charge is 0.495 e. The number of nitrogens with zero attached hydrogens (tertiary/aromatic N) is 1. The fraction of sp³-hybridized carbons (Fsp3) is 0.179. The van der Waals surface area contributed by atoms with E-state index in [1.165, 1.54) is 19.3 Å². The second kappa shape index (κ2) is 13.0. The number of carbonyl (C=O) groups is 2.